The van der Waals surface area contributed by atoms with E-state index >= 15 is 0 Å². The Bertz CT molecular complexity index is 548. The van der Waals surface area contributed by atoms with Gasteiger partial charge in [-0.1, -0.05) is 21.1 Å². The van der Waals surface area contributed by atoms with Crippen molar-refractivity contribution in [2.24, 2.45) is 0 Å². The highest BCUT2D eigenvalue weighted by Crippen LogP contribution is 2.31. The van der Waals surface area contributed by atoms with Crippen molar-refractivity contribution in [1.82, 2.24) is 5.16 Å². The monoisotopic (exact) mass is 296 g/mol. The molecule has 6 heteroatoms. The predicted octanol–water partition coefficient (Wildman–Crippen LogP) is 3.50. The molecule has 0 bridgehead atoms. The average Bonchev–Trinajstić information content (AvgIpc) is 2.61. The summed E-state index contributed by atoms with van der Waals surface area (Å²) in [5.41, 5.74) is 1.64. The van der Waals surface area contributed by atoms with Gasteiger partial charge in [-0.2, -0.15) is 0 Å². The van der Waals surface area contributed by atoms with E-state index in [0.717, 1.165) is 10.0 Å². The number of halogens is 1. The van der Waals surface area contributed by atoms with Gasteiger partial charge in [-0.3, -0.25) is 5.32 Å². The summed E-state index contributed by atoms with van der Waals surface area (Å²) in [6, 6.07) is 7.32. The van der Waals surface area contributed by atoms with E-state index in [1.807, 2.05) is 24.3 Å². The number of carbonyl (C=O) groups is 1. The summed E-state index contributed by atoms with van der Waals surface area (Å²) in [6.07, 6.45) is -1.14. The van der Waals surface area contributed by atoms with E-state index in [4.69, 9.17) is 9.63 Å². The molecular formula is C11H9BrN2O3. The maximum Gasteiger partial charge on any atom is 0.409 e. The first-order valence-electron chi connectivity index (χ1n) is 4.80. The molecule has 1 aromatic carbocycles. The van der Waals surface area contributed by atoms with E-state index in [0.29, 0.717) is 17.1 Å². The molecule has 0 saturated heterocycles. The molecule has 1 amide bonds. The Morgan fingerprint density at radius 1 is 1.41 bits per heavy atom. The zero-order valence-corrected chi connectivity index (χ0v) is 10.5. The Kier molecular flexibility index (Phi) is 3.14. The van der Waals surface area contributed by atoms with Gasteiger partial charge in [-0.25, -0.2) is 4.79 Å². The molecule has 0 unspecified atom stereocenters. The van der Waals surface area contributed by atoms with E-state index in [9.17, 15) is 4.79 Å². The lowest BCUT2D eigenvalue weighted by Gasteiger charge is -2.01. The minimum atomic E-state index is -1.14. The highest BCUT2D eigenvalue weighted by Gasteiger charge is 2.16. The lowest BCUT2D eigenvalue weighted by molar-refractivity contribution is 0.209. The van der Waals surface area contributed by atoms with Crippen LogP contribution in [-0.2, 0) is 0 Å². The predicted molar refractivity (Wildman–Crippen MR) is 66.0 cm³/mol. The minimum Gasteiger partial charge on any atom is -0.465 e. The molecule has 88 valence electrons. The SMILES string of the molecule is Cc1noc(-c2ccc(Br)cc2)c1NC(=O)O. The van der Waals surface area contributed by atoms with Gasteiger partial charge in [-0.15, -0.1) is 0 Å². The highest BCUT2D eigenvalue weighted by molar-refractivity contribution is 9.10. The summed E-state index contributed by atoms with van der Waals surface area (Å²) in [5.74, 6) is 0.414. The smallest absolute Gasteiger partial charge is 0.409 e. The lowest BCUT2D eigenvalue weighted by atomic mass is 10.1. The number of aryl methyl sites for hydroxylation is 1. The van der Waals surface area contributed by atoms with Crippen LogP contribution in [0.15, 0.2) is 33.3 Å². The Balaban J connectivity index is 2.45. The van der Waals surface area contributed by atoms with Crippen molar-refractivity contribution < 1.29 is 14.4 Å². The molecule has 5 nitrogen and oxygen atoms in total. The molecule has 0 fully saturated rings. The van der Waals surface area contributed by atoms with E-state index in [2.05, 4.69) is 26.4 Å². The van der Waals surface area contributed by atoms with Crippen molar-refractivity contribution in [2.75, 3.05) is 5.32 Å². The number of nitrogens with one attached hydrogen (secondary N) is 1. The van der Waals surface area contributed by atoms with Gasteiger partial charge in [0.15, 0.2) is 5.76 Å². The topological polar surface area (TPSA) is 75.4 Å². The molecule has 0 saturated carbocycles. The number of aromatic nitrogens is 1. The molecular weight excluding hydrogens is 288 g/mol. The van der Waals surface area contributed by atoms with Crippen molar-refractivity contribution >= 4 is 27.7 Å². The van der Waals surface area contributed by atoms with Gasteiger partial charge in [0, 0.05) is 10.0 Å². The summed E-state index contributed by atoms with van der Waals surface area (Å²) in [5, 5.41) is 14.8. The molecule has 17 heavy (non-hydrogen) atoms. The van der Waals surface area contributed by atoms with Gasteiger partial charge >= 0.3 is 6.09 Å². The van der Waals surface area contributed by atoms with E-state index in [-0.39, 0.29) is 0 Å². The third kappa shape index (κ3) is 2.47. The third-order valence-electron chi connectivity index (χ3n) is 2.20. The van der Waals surface area contributed by atoms with Crippen LogP contribution in [0.2, 0.25) is 0 Å². The van der Waals surface area contributed by atoms with Crippen LogP contribution >= 0.6 is 15.9 Å². The molecule has 0 radical (unpaired) electrons. The number of carboxylic acid groups (broad SMARTS) is 1. The zero-order valence-electron chi connectivity index (χ0n) is 8.90. The second kappa shape index (κ2) is 4.58. The normalized spacial score (nSPS) is 10.2. The second-order valence-corrected chi connectivity index (χ2v) is 4.32. The van der Waals surface area contributed by atoms with Gasteiger partial charge in [0.25, 0.3) is 0 Å². The number of hydrogen-bond acceptors (Lipinski definition) is 3. The van der Waals surface area contributed by atoms with Crippen molar-refractivity contribution in [3.63, 3.8) is 0 Å². The number of nitrogens with zero attached hydrogens (tertiary/aromatic N) is 1. The molecule has 0 aliphatic rings. The fourth-order valence-electron chi connectivity index (χ4n) is 1.42. The lowest BCUT2D eigenvalue weighted by Crippen LogP contribution is -2.08. The largest absolute Gasteiger partial charge is 0.465 e. The fourth-order valence-corrected chi connectivity index (χ4v) is 1.69. The molecule has 0 aliphatic heterocycles. The Morgan fingerprint density at radius 3 is 2.65 bits per heavy atom. The standard InChI is InChI=1S/C11H9BrN2O3/c1-6-9(13-11(15)16)10(17-14-6)7-2-4-8(12)5-3-7/h2-5,13H,1H3,(H,15,16). The van der Waals surface area contributed by atoms with Gasteiger partial charge in [0.05, 0.1) is 0 Å². The van der Waals surface area contributed by atoms with E-state index in [1.54, 1.807) is 6.92 Å². The first-order valence-corrected chi connectivity index (χ1v) is 5.59. The molecule has 2 rings (SSSR count). The number of anilines is 1. The number of amides is 1. The van der Waals surface area contributed by atoms with Crippen molar-refractivity contribution in [1.29, 1.82) is 0 Å². The molecule has 2 aromatic rings. The first-order chi connectivity index (χ1) is 8.08. The van der Waals surface area contributed by atoms with E-state index < -0.39 is 6.09 Å². The summed E-state index contributed by atoms with van der Waals surface area (Å²) in [7, 11) is 0. The van der Waals surface area contributed by atoms with Crippen LogP contribution in [-0.4, -0.2) is 16.4 Å². The van der Waals surface area contributed by atoms with Crippen LogP contribution < -0.4 is 5.32 Å². The van der Waals surface area contributed by atoms with Crippen molar-refractivity contribution in [3.05, 3.63) is 34.4 Å². The van der Waals surface area contributed by atoms with Gasteiger partial charge in [0.2, 0.25) is 0 Å². The Labute approximate surface area is 106 Å². The molecule has 2 N–H and O–H groups in total. The van der Waals surface area contributed by atoms with Gasteiger partial charge in [-0.05, 0) is 31.2 Å². The quantitative estimate of drug-likeness (QED) is 0.889. The number of hydrogen-bond donors (Lipinski definition) is 2. The third-order valence-corrected chi connectivity index (χ3v) is 2.73. The van der Waals surface area contributed by atoms with Crippen molar-refractivity contribution in [3.8, 4) is 11.3 Å². The summed E-state index contributed by atoms with van der Waals surface area (Å²) in [6.45, 7) is 1.68. The van der Waals surface area contributed by atoms with Gasteiger partial charge in [0.1, 0.15) is 11.4 Å². The summed E-state index contributed by atoms with van der Waals surface area (Å²) < 4.78 is 6.07. The summed E-state index contributed by atoms with van der Waals surface area (Å²) >= 11 is 3.33. The number of benzene rings is 1. The average molecular weight is 297 g/mol. The van der Waals surface area contributed by atoms with Crippen LogP contribution in [0.25, 0.3) is 11.3 Å². The van der Waals surface area contributed by atoms with Gasteiger partial charge < -0.3 is 9.63 Å². The van der Waals surface area contributed by atoms with Crippen LogP contribution in [0.5, 0.6) is 0 Å². The summed E-state index contributed by atoms with van der Waals surface area (Å²) in [4.78, 5) is 10.7. The molecule has 1 heterocycles. The zero-order chi connectivity index (χ0) is 12.4. The fraction of sp³-hybridized carbons (Fsp3) is 0.0909. The van der Waals surface area contributed by atoms with Crippen LogP contribution in [0, 0.1) is 6.92 Å². The minimum absolute atomic E-state index is 0.375. The first kappa shape index (κ1) is 11.7. The molecule has 0 atom stereocenters. The number of rotatable bonds is 2. The maximum absolute atomic E-state index is 10.7. The van der Waals surface area contributed by atoms with Crippen LogP contribution in [0.1, 0.15) is 5.69 Å². The molecule has 0 aliphatic carbocycles. The van der Waals surface area contributed by atoms with Crippen LogP contribution in [0.4, 0.5) is 10.5 Å². The Morgan fingerprint density at radius 2 is 2.06 bits per heavy atom. The second-order valence-electron chi connectivity index (χ2n) is 3.41. The maximum atomic E-state index is 10.7. The van der Waals surface area contributed by atoms with Crippen LogP contribution in [0.3, 0.4) is 0 Å². The molecule has 1 aromatic heterocycles. The van der Waals surface area contributed by atoms with Crippen molar-refractivity contribution in [2.45, 2.75) is 6.92 Å². The highest BCUT2D eigenvalue weighted by atomic mass is 79.9. The molecule has 0 spiro atoms. The van der Waals surface area contributed by atoms with E-state index in [1.165, 1.54) is 0 Å². The Hall–Kier alpha value is -1.82.